The second kappa shape index (κ2) is 18.9. The Kier molecular flexibility index (Phi) is 12.0. The fraction of sp³-hybridized carbons (Fsp3) is 0.0345. The van der Waals surface area contributed by atoms with Crippen molar-refractivity contribution in [3.8, 4) is 11.1 Å². The molecule has 0 saturated heterocycles. The molecule has 8 aromatic rings. The van der Waals surface area contributed by atoms with E-state index in [9.17, 15) is 0 Å². The number of benzene rings is 8. The van der Waals surface area contributed by atoms with E-state index >= 15 is 0 Å². The van der Waals surface area contributed by atoms with Crippen LogP contribution in [-0.4, -0.2) is 0 Å². The van der Waals surface area contributed by atoms with E-state index in [1.807, 2.05) is 18.2 Å². The van der Waals surface area contributed by atoms with Crippen LogP contribution in [0.1, 0.15) is 12.8 Å². The summed E-state index contributed by atoms with van der Waals surface area (Å²) in [6, 6.07) is 72.6. The van der Waals surface area contributed by atoms with Gasteiger partial charge in [0.05, 0.1) is 5.69 Å². The number of allylic oxidation sites excluding steroid dienone is 7. The Hall–Kier alpha value is -8.08. The van der Waals surface area contributed by atoms with Crippen molar-refractivity contribution in [3.63, 3.8) is 0 Å². The Labute approximate surface area is 365 Å². The molecule has 0 heterocycles. The molecular formula is C58H48N4. The summed E-state index contributed by atoms with van der Waals surface area (Å²) < 4.78 is 0. The van der Waals surface area contributed by atoms with Crippen LogP contribution in [-0.2, 0) is 0 Å². The minimum atomic E-state index is 0.965. The SMILES string of the molecule is C=C/C(=C\C=C\N(C1=CC=CCC1)c1ccccc1)N(c1ccc(-c2ccc(Nc3ccc(N(c4ccccc4)c4ccccc4)cc3)cc2)cc1)c1cccc2ccccc12. The highest BCUT2D eigenvalue weighted by atomic mass is 15.2. The maximum absolute atomic E-state index is 4.31. The fourth-order valence-corrected chi connectivity index (χ4v) is 8.03. The average Bonchev–Trinajstić information content (AvgIpc) is 3.35. The molecule has 0 saturated carbocycles. The summed E-state index contributed by atoms with van der Waals surface area (Å²) in [5, 5.41) is 5.95. The Balaban J connectivity index is 0.966. The van der Waals surface area contributed by atoms with E-state index in [1.54, 1.807) is 0 Å². The molecule has 1 aliphatic carbocycles. The van der Waals surface area contributed by atoms with E-state index < -0.39 is 0 Å². The second-order valence-corrected chi connectivity index (χ2v) is 15.1. The van der Waals surface area contributed by atoms with Gasteiger partial charge in [0.25, 0.3) is 0 Å². The monoisotopic (exact) mass is 800 g/mol. The Morgan fingerprint density at radius 2 is 1.05 bits per heavy atom. The maximum atomic E-state index is 4.31. The van der Waals surface area contributed by atoms with Gasteiger partial charge in [-0.05, 0) is 145 Å². The lowest BCUT2D eigenvalue weighted by atomic mass is 10.0. The molecule has 1 aliphatic rings. The number of hydrogen-bond donors (Lipinski definition) is 1. The summed E-state index contributed by atoms with van der Waals surface area (Å²) >= 11 is 0. The predicted molar refractivity (Wildman–Crippen MR) is 265 cm³/mol. The van der Waals surface area contributed by atoms with Crippen molar-refractivity contribution in [3.05, 3.63) is 267 Å². The zero-order valence-corrected chi connectivity index (χ0v) is 34.6. The largest absolute Gasteiger partial charge is 0.356 e. The van der Waals surface area contributed by atoms with Gasteiger partial charge in [-0.15, -0.1) is 0 Å². The van der Waals surface area contributed by atoms with Gasteiger partial charge in [-0.25, -0.2) is 0 Å². The molecule has 8 aromatic carbocycles. The van der Waals surface area contributed by atoms with Crippen LogP contribution in [0.4, 0.5) is 45.5 Å². The van der Waals surface area contributed by atoms with Gasteiger partial charge in [0.15, 0.2) is 0 Å². The number of rotatable bonds is 14. The lowest BCUT2D eigenvalue weighted by Crippen LogP contribution is -2.17. The first-order valence-corrected chi connectivity index (χ1v) is 21.2. The van der Waals surface area contributed by atoms with Gasteiger partial charge in [0, 0.05) is 62.8 Å². The number of nitrogens with one attached hydrogen (secondary N) is 1. The number of hydrogen-bond acceptors (Lipinski definition) is 4. The van der Waals surface area contributed by atoms with E-state index in [0.717, 1.165) is 75.2 Å². The molecule has 4 heteroatoms. The lowest BCUT2D eigenvalue weighted by Gasteiger charge is -2.28. The molecule has 0 bridgehead atoms. The van der Waals surface area contributed by atoms with Crippen molar-refractivity contribution < 1.29 is 0 Å². The van der Waals surface area contributed by atoms with Crippen LogP contribution in [0.15, 0.2) is 267 Å². The molecule has 0 fully saturated rings. The minimum Gasteiger partial charge on any atom is -0.356 e. The van der Waals surface area contributed by atoms with Crippen molar-refractivity contribution in [1.29, 1.82) is 0 Å². The van der Waals surface area contributed by atoms with Gasteiger partial charge in [-0.1, -0.05) is 134 Å². The van der Waals surface area contributed by atoms with Crippen LogP contribution in [0, 0.1) is 0 Å². The first-order valence-electron chi connectivity index (χ1n) is 21.2. The third-order valence-corrected chi connectivity index (χ3v) is 11.1. The first kappa shape index (κ1) is 39.4. The predicted octanol–water partition coefficient (Wildman–Crippen LogP) is 16.2. The number of nitrogens with zero attached hydrogens (tertiary/aromatic N) is 3. The minimum absolute atomic E-state index is 0.965. The zero-order chi connectivity index (χ0) is 41.9. The zero-order valence-electron chi connectivity index (χ0n) is 34.6. The van der Waals surface area contributed by atoms with Crippen molar-refractivity contribution in [2.24, 2.45) is 0 Å². The van der Waals surface area contributed by atoms with Crippen molar-refractivity contribution >= 4 is 56.3 Å². The third kappa shape index (κ3) is 8.91. The molecule has 0 aliphatic heterocycles. The molecule has 62 heavy (non-hydrogen) atoms. The molecule has 0 amide bonds. The molecule has 0 aromatic heterocycles. The summed E-state index contributed by atoms with van der Waals surface area (Å²) in [5.41, 5.74) is 13.2. The number of para-hydroxylation sites is 3. The van der Waals surface area contributed by atoms with Crippen LogP contribution in [0.5, 0.6) is 0 Å². The van der Waals surface area contributed by atoms with Crippen molar-refractivity contribution in [1.82, 2.24) is 0 Å². The Morgan fingerprint density at radius 3 is 1.66 bits per heavy atom. The highest BCUT2D eigenvalue weighted by Crippen LogP contribution is 2.38. The third-order valence-electron chi connectivity index (χ3n) is 11.1. The van der Waals surface area contributed by atoms with Crippen LogP contribution < -0.4 is 20.0 Å². The van der Waals surface area contributed by atoms with Gasteiger partial charge < -0.3 is 20.0 Å². The molecule has 1 N–H and O–H groups in total. The molecular weight excluding hydrogens is 753 g/mol. The molecule has 0 radical (unpaired) electrons. The molecule has 0 atom stereocenters. The van der Waals surface area contributed by atoms with Crippen LogP contribution in [0.2, 0.25) is 0 Å². The summed E-state index contributed by atoms with van der Waals surface area (Å²) in [4.78, 5) is 6.85. The molecule has 9 rings (SSSR count). The molecule has 300 valence electrons. The Bertz CT molecular complexity index is 2810. The first-order chi connectivity index (χ1) is 30.7. The van der Waals surface area contributed by atoms with E-state index in [2.05, 4.69) is 257 Å². The molecule has 4 nitrogen and oxygen atoms in total. The van der Waals surface area contributed by atoms with Gasteiger partial charge in [-0.3, -0.25) is 0 Å². The highest BCUT2D eigenvalue weighted by Gasteiger charge is 2.17. The molecule has 0 unspecified atom stereocenters. The maximum Gasteiger partial charge on any atom is 0.0540 e. The summed E-state index contributed by atoms with van der Waals surface area (Å²) in [6.45, 7) is 4.31. The average molecular weight is 801 g/mol. The summed E-state index contributed by atoms with van der Waals surface area (Å²) in [5.74, 6) is 0. The standard InChI is InChI=1S/C58H48N4/c1-2-50(29-18-44-60(51-21-7-3-8-22-51)52-23-9-4-10-24-52)62(58-31-17-20-47-19-15-16-30-57(47)58)56-40-34-46(35-41-56)45-32-36-48(37-33-45)59-49-38-42-55(43-39-49)61(53-25-11-5-12-26-53)54-27-13-6-14-28-54/h2-9,11-23,25-44,59H,1,10,24H2/b44-18+,50-29+. The van der Waals surface area contributed by atoms with Crippen LogP contribution >= 0.6 is 0 Å². The van der Waals surface area contributed by atoms with E-state index in [0.29, 0.717) is 0 Å². The van der Waals surface area contributed by atoms with E-state index in [4.69, 9.17) is 0 Å². The normalized spacial score (nSPS) is 12.5. The number of anilines is 8. The second-order valence-electron chi connectivity index (χ2n) is 15.1. The lowest BCUT2D eigenvalue weighted by molar-refractivity contribution is 0.914. The topological polar surface area (TPSA) is 21.8 Å². The molecule has 0 spiro atoms. The summed E-state index contributed by atoms with van der Waals surface area (Å²) in [7, 11) is 0. The number of fused-ring (bicyclic) bond motifs is 1. The van der Waals surface area contributed by atoms with Crippen molar-refractivity contribution in [2.75, 3.05) is 20.0 Å². The van der Waals surface area contributed by atoms with Crippen LogP contribution in [0.3, 0.4) is 0 Å². The van der Waals surface area contributed by atoms with E-state index in [-0.39, 0.29) is 0 Å². The van der Waals surface area contributed by atoms with Crippen LogP contribution in [0.25, 0.3) is 21.9 Å². The van der Waals surface area contributed by atoms with Gasteiger partial charge in [-0.2, -0.15) is 0 Å². The van der Waals surface area contributed by atoms with Gasteiger partial charge >= 0.3 is 0 Å². The smallest absolute Gasteiger partial charge is 0.0540 e. The van der Waals surface area contributed by atoms with Gasteiger partial charge in [0.2, 0.25) is 0 Å². The quantitative estimate of drug-likeness (QED) is 0.111. The Morgan fingerprint density at radius 1 is 0.516 bits per heavy atom. The van der Waals surface area contributed by atoms with Gasteiger partial charge in [0.1, 0.15) is 0 Å². The highest BCUT2D eigenvalue weighted by molar-refractivity contribution is 5.97. The summed E-state index contributed by atoms with van der Waals surface area (Å²) in [6.07, 6.45) is 17.0. The van der Waals surface area contributed by atoms with E-state index in [1.165, 1.54) is 16.5 Å². The fourth-order valence-electron chi connectivity index (χ4n) is 8.03. The van der Waals surface area contributed by atoms with Crippen molar-refractivity contribution in [2.45, 2.75) is 12.8 Å².